The molecule has 0 aromatic heterocycles. The zero-order chi connectivity index (χ0) is 16.2. The molecule has 1 unspecified atom stereocenters. The van der Waals surface area contributed by atoms with Crippen LogP contribution in [0.15, 0.2) is 18.2 Å². The van der Waals surface area contributed by atoms with Crippen LogP contribution in [0.4, 0.5) is 0 Å². The highest BCUT2D eigenvalue weighted by Crippen LogP contribution is 2.32. The van der Waals surface area contributed by atoms with Crippen molar-refractivity contribution in [3.05, 3.63) is 23.8 Å². The van der Waals surface area contributed by atoms with Crippen LogP contribution in [-0.4, -0.2) is 37.5 Å². The Morgan fingerprint density at radius 1 is 1.41 bits per heavy atom. The van der Waals surface area contributed by atoms with Gasteiger partial charge in [0.2, 0.25) is 0 Å². The Labute approximate surface area is 131 Å². The van der Waals surface area contributed by atoms with E-state index in [1.807, 2.05) is 18.2 Å². The van der Waals surface area contributed by atoms with Crippen molar-refractivity contribution in [2.24, 2.45) is 5.41 Å². The van der Waals surface area contributed by atoms with Gasteiger partial charge in [0.1, 0.15) is 6.10 Å². The lowest BCUT2D eigenvalue weighted by Crippen LogP contribution is -2.28. The molecule has 122 valence electrons. The van der Waals surface area contributed by atoms with Crippen LogP contribution in [0, 0.1) is 5.41 Å². The Bertz CT molecular complexity index is 518. The van der Waals surface area contributed by atoms with Crippen LogP contribution >= 0.6 is 0 Å². The minimum Gasteiger partial charge on any atom is -0.493 e. The molecule has 1 saturated heterocycles. The monoisotopic (exact) mass is 308 g/mol. The number of methoxy groups -OCH3 is 1. The van der Waals surface area contributed by atoms with Gasteiger partial charge < -0.3 is 19.3 Å². The Hall–Kier alpha value is -1.75. The van der Waals surface area contributed by atoms with Gasteiger partial charge in [-0.25, -0.2) is 0 Å². The molecule has 0 saturated carbocycles. The highest BCUT2D eigenvalue weighted by molar-refractivity contribution is 5.74. The Balaban J connectivity index is 2.16. The summed E-state index contributed by atoms with van der Waals surface area (Å²) in [6, 6.07) is 5.58. The van der Waals surface area contributed by atoms with E-state index in [2.05, 4.69) is 0 Å². The SMILES string of the molecule is COc1ccc(CC(C)(C)C(=O)O)cc1OC1CCCOC1. The van der Waals surface area contributed by atoms with Crippen molar-refractivity contribution in [1.29, 1.82) is 0 Å². The molecule has 5 heteroatoms. The van der Waals surface area contributed by atoms with Gasteiger partial charge in [0.05, 0.1) is 19.1 Å². The van der Waals surface area contributed by atoms with Gasteiger partial charge in [-0.15, -0.1) is 0 Å². The Morgan fingerprint density at radius 2 is 2.18 bits per heavy atom. The Morgan fingerprint density at radius 3 is 2.77 bits per heavy atom. The second kappa shape index (κ2) is 7.01. The number of hydrogen-bond acceptors (Lipinski definition) is 4. The van der Waals surface area contributed by atoms with E-state index in [0.717, 1.165) is 25.0 Å². The molecule has 1 heterocycles. The topological polar surface area (TPSA) is 65.0 Å². The molecule has 5 nitrogen and oxygen atoms in total. The highest BCUT2D eigenvalue weighted by atomic mass is 16.5. The molecule has 1 fully saturated rings. The predicted octanol–water partition coefficient (Wildman–Crippen LogP) is 2.91. The molecule has 1 aromatic rings. The van der Waals surface area contributed by atoms with E-state index < -0.39 is 11.4 Å². The summed E-state index contributed by atoms with van der Waals surface area (Å²) in [5, 5.41) is 9.26. The van der Waals surface area contributed by atoms with Crippen LogP contribution in [-0.2, 0) is 16.0 Å². The molecule has 1 atom stereocenters. The lowest BCUT2D eigenvalue weighted by molar-refractivity contribution is -0.146. The number of carbonyl (C=O) groups is 1. The molecule has 1 aromatic carbocycles. The molecule has 22 heavy (non-hydrogen) atoms. The summed E-state index contributed by atoms with van der Waals surface area (Å²) in [6.07, 6.45) is 2.39. The predicted molar refractivity (Wildman–Crippen MR) is 82.6 cm³/mol. The fourth-order valence-electron chi connectivity index (χ4n) is 2.49. The number of benzene rings is 1. The minimum absolute atomic E-state index is 0.0189. The second-order valence-corrected chi connectivity index (χ2v) is 6.31. The first-order valence-corrected chi connectivity index (χ1v) is 7.57. The Kier molecular flexibility index (Phi) is 5.29. The fraction of sp³-hybridized carbons (Fsp3) is 0.588. The number of carboxylic acid groups (broad SMARTS) is 1. The number of carboxylic acids is 1. The number of hydrogen-bond donors (Lipinski definition) is 1. The summed E-state index contributed by atoms with van der Waals surface area (Å²) in [6.45, 7) is 4.79. The summed E-state index contributed by atoms with van der Waals surface area (Å²) in [5.74, 6) is 0.491. The standard InChI is InChI=1S/C17H24O5/c1-17(2,16(18)19)10-12-6-7-14(20-3)15(9-12)22-13-5-4-8-21-11-13/h6-7,9,13H,4-5,8,10-11H2,1-3H3,(H,18,19). The molecule has 0 spiro atoms. The van der Waals surface area contributed by atoms with E-state index >= 15 is 0 Å². The number of rotatable bonds is 6. The second-order valence-electron chi connectivity index (χ2n) is 6.31. The zero-order valence-electron chi connectivity index (χ0n) is 13.4. The summed E-state index contributed by atoms with van der Waals surface area (Å²) in [7, 11) is 1.60. The summed E-state index contributed by atoms with van der Waals surface area (Å²) < 4.78 is 16.8. The molecule has 0 aliphatic carbocycles. The lowest BCUT2D eigenvalue weighted by Gasteiger charge is -2.25. The maximum absolute atomic E-state index is 11.3. The van der Waals surface area contributed by atoms with Crippen molar-refractivity contribution < 1.29 is 24.1 Å². The van der Waals surface area contributed by atoms with Gasteiger partial charge in [-0.05, 0) is 50.8 Å². The third-order valence-electron chi connectivity index (χ3n) is 3.87. The van der Waals surface area contributed by atoms with Gasteiger partial charge in [-0.2, -0.15) is 0 Å². The van der Waals surface area contributed by atoms with Crippen molar-refractivity contribution in [3.8, 4) is 11.5 Å². The van der Waals surface area contributed by atoms with Crippen LogP contribution in [0.25, 0.3) is 0 Å². The highest BCUT2D eigenvalue weighted by Gasteiger charge is 2.28. The molecule has 0 radical (unpaired) electrons. The van der Waals surface area contributed by atoms with E-state index in [4.69, 9.17) is 14.2 Å². The quantitative estimate of drug-likeness (QED) is 0.875. The molecule has 1 aliphatic rings. The van der Waals surface area contributed by atoms with Crippen molar-refractivity contribution >= 4 is 5.97 Å². The van der Waals surface area contributed by atoms with E-state index in [1.165, 1.54) is 0 Å². The van der Waals surface area contributed by atoms with E-state index in [1.54, 1.807) is 21.0 Å². The van der Waals surface area contributed by atoms with E-state index in [0.29, 0.717) is 24.5 Å². The van der Waals surface area contributed by atoms with Crippen molar-refractivity contribution in [1.82, 2.24) is 0 Å². The van der Waals surface area contributed by atoms with Gasteiger partial charge in [-0.1, -0.05) is 6.07 Å². The van der Waals surface area contributed by atoms with Gasteiger partial charge in [0.15, 0.2) is 11.5 Å². The van der Waals surface area contributed by atoms with Crippen LogP contribution < -0.4 is 9.47 Å². The third kappa shape index (κ3) is 4.13. The first kappa shape index (κ1) is 16.6. The molecule has 0 amide bonds. The summed E-state index contributed by atoms with van der Waals surface area (Å²) in [5.41, 5.74) is 0.0970. The fourth-order valence-corrected chi connectivity index (χ4v) is 2.49. The minimum atomic E-state index is -0.820. The zero-order valence-corrected chi connectivity index (χ0v) is 13.4. The van der Waals surface area contributed by atoms with Crippen LogP contribution in [0.5, 0.6) is 11.5 Å². The number of aliphatic carboxylic acids is 1. The lowest BCUT2D eigenvalue weighted by atomic mass is 9.86. The maximum atomic E-state index is 11.3. The van der Waals surface area contributed by atoms with Crippen LogP contribution in [0.2, 0.25) is 0 Å². The molecule has 2 rings (SSSR count). The van der Waals surface area contributed by atoms with Gasteiger partial charge >= 0.3 is 5.97 Å². The van der Waals surface area contributed by atoms with Crippen molar-refractivity contribution in [3.63, 3.8) is 0 Å². The molecule has 0 bridgehead atoms. The average molecular weight is 308 g/mol. The van der Waals surface area contributed by atoms with Gasteiger partial charge in [-0.3, -0.25) is 4.79 Å². The average Bonchev–Trinajstić information content (AvgIpc) is 2.48. The van der Waals surface area contributed by atoms with E-state index in [-0.39, 0.29) is 6.10 Å². The summed E-state index contributed by atoms with van der Waals surface area (Å²) >= 11 is 0. The van der Waals surface area contributed by atoms with Gasteiger partial charge in [0.25, 0.3) is 0 Å². The molecule has 1 N–H and O–H groups in total. The van der Waals surface area contributed by atoms with Crippen LogP contribution in [0.1, 0.15) is 32.3 Å². The summed E-state index contributed by atoms with van der Waals surface area (Å²) in [4.78, 5) is 11.3. The molecular formula is C17H24O5. The number of ether oxygens (including phenoxy) is 3. The smallest absolute Gasteiger partial charge is 0.309 e. The normalized spacial score (nSPS) is 18.8. The molecular weight excluding hydrogens is 284 g/mol. The van der Waals surface area contributed by atoms with Crippen molar-refractivity contribution in [2.75, 3.05) is 20.3 Å². The first-order valence-electron chi connectivity index (χ1n) is 7.57. The van der Waals surface area contributed by atoms with Gasteiger partial charge in [0, 0.05) is 6.61 Å². The van der Waals surface area contributed by atoms with E-state index in [9.17, 15) is 9.90 Å². The first-order chi connectivity index (χ1) is 10.4. The van der Waals surface area contributed by atoms with Crippen molar-refractivity contribution in [2.45, 2.75) is 39.2 Å². The maximum Gasteiger partial charge on any atom is 0.309 e. The molecule has 1 aliphatic heterocycles. The largest absolute Gasteiger partial charge is 0.493 e. The third-order valence-corrected chi connectivity index (χ3v) is 3.87. The van der Waals surface area contributed by atoms with Crippen LogP contribution in [0.3, 0.4) is 0 Å².